The standard InChI is InChI=1S/C35H45Br2N5O5.CH4/c1-46-32-28(36)20-23(21-29(32)37)22-31(33(43)40-15-8-25(9-16-40)24-6-13-38-14-7-24)47-35(45)41-17-11-27(12-18-41)42-19-10-26-4-2-3-5-30(26)39-34(42)44;/h2-5,20-21,24-25,27,31,38H,6-19,22H2,1H3,(H,39,44);1H4/t31-;/m1./s1. The van der Waals surface area contributed by atoms with Crippen LogP contribution < -0.4 is 15.4 Å². The summed E-state index contributed by atoms with van der Waals surface area (Å²) in [4.78, 5) is 46.2. The molecule has 1 atom stereocenters. The van der Waals surface area contributed by atoms with Crippen LogP contribution in [0.2, 0.25) is 0 Å². The lowest BCUT2D eigenvalue weighted by Crippen LogP contribution is -2.52. The summed E-state index contributed by atoms with van der Waals surface area (Å²) in [7, 11) is 1.60. The van der Waals surface area contributed by atoms with Gasteiger partial charge >= 0.3 is 12.1 Å². The van der Waals surface area contributed by atoms with Gasteiger partial charge in [-0.2, -0.15) is 0 Å². The smallest absolute Gasteiger partial charge is 0.410 e. The Balaban J connectivity index is 0.00000451. The molecule has 3 fully saturated rings. The number of benzene rings is 2. The van der Waals surface area contributed by atoms with Gasteiger partial charge in [-0.1, -0.05) is 25.6 Å². The molecule has 4 heterocycles. The minimum atomic E-state index is -0.947. The second kappa shape index (κ2) is 16.7. The van der Waals surface area contributed by atoms with Crippen molar-refractivity contribution in [3.05, 3.63) is 56.5 Å². The fourth-order valence-corrected chi connectivity index (χ4v) is 9.33. The molecule has 262 valence electrons. The SMILES string of the molecule is C.COc1c(Br)cc(C[C@@H](OC(=O)N2CCC(N3CCc4ccccc4NC3=O)CC2)C(=O)N2CCC(C3CCNCC3)CC2)cc1Br. The third-order valence-corrected chi connectivity index (χ3v) is 11.6. The first-order chi connectivity index (χ1) is 22.8. The van der Waals surface area contributed by atoms with Crippen molar-refractivity contribution in [2.75, 3.05) is 58.2 Å². The molecule has 0 aliphatic carbocycles. The minimum absolute atomic E-state index is 0. The topological polar surface area (TPSA) is 103 Å². The Labute approximate surface area is 301 Å². The molecule has 10 nitrogen and oxygen atoms in total. The van der Waals surface area contributed by atoms with Gasteiger partial charge in [0.25, 0.3) is 5.91 Å². The van der Waals surface area contributed by atoms with Gasteiger partial charge in [-0.05, 0) is 131 Å². The van der Waals surface area contributed by atoms with E-state index in [1.165, 1.54) is 12.8 Å². The number of anilines is 1. The summed E-state index contributed by atoms with van der Waals surface area (Å²) in [6, 6.07) is 11.7. The molecule has 3 saturated heterocycles. The van der Waals surface area contributed by atoms with E-state index in [-0.39, 0.29) is 31.8 Å². The number of halogens is 2. The number of piperidine rings is 3. The molecular formula is C36H49Br2N5O5. The molecule has 0 aromatic heterocycles. The number of hydrogen-bond acceptors (Lipinski definition) is 6. The van der Waals surface area contributed by atoms with E-state index in [0.29, 0.717) is 57.2 Å². The van der Waals surface area contributed by atoms with Gasteiger partial charge in [0.1, 0.15) is 5.75 Å². The third-order valence-electron chi connectivity index (χ3n) is 10.4. The monoisotopic (exact) mass is 789 g/mol. The molecule has 0 spiro atoms. The van der Waals surface area contributed by atoms with Crippen molar-refractivity contribution in [3.8, 4) is 5.75 Å². The number of fused-ring (bicyclic) bond motifs is 1. The van der Waals surface area contributed by atoms with Gasteiger partial charge < -0.3 is 34.8 Å². The molecule has 4 aliphatic heterocycles. The lowest BCUT2D eigenvalue weighted by atomic mass is 9.79. The van der Waals surface area contributed by atoms with Gasteiger partial charge in [0, 0.05) is 50.9 Å². The zero-order valence-electron chi connectivity index (χ0n) is 27.0. The number of urea groups is 1. The molecule has 6 rings (SSSR count). The molecule has 12 heteroatoms. The molecule has 48 heavy (non-hydrogen) atoms. The van der Waals surface area contributed by atoms with Crippen LogP contribution in [0.4, 0.5) is 15.3 Å². The Morgan fingerprint density at radius 1 is 0.896 bits per heavy atom. The second-order valence-corrected chi connectivity index (χ2v) is 14.9. The van der Waals surface area contributed by atoms with Crippen molar-refractivity contribution >= 4 is 55.6 Å². The number of likely N-dealkylation sites (tertiary alicyclic amines) is 2. The van der Waals surface area contributed by atoms with Crippen LogP contribution in [-0.4, -0.2) is 97.8 Å². The third kappa shape index (κ3) is 8.48. The van der Waals surface area contributed by atoms with Crippen molar-refractivity contribution in [2.24, 2.45) is 11.8 Å². The summed E-state index contributed by atoms with van der Waals surface area (Å²) in [5.41, 5.74) is 2.85. The number of carbonyl (C=O) groups excluding carboxylic acids is 3. The largest absolute Gasteiger partial charge is 0.494 e. The lowest BCUT2D eigenvalue weighted by molar-refractivity contribution is -0.142. The molecule has 4 amide bonds. The molecule has 2 aromatic carbocycles. The van der Waals surface area contributed by atoms with Gasteiger partial charge in [0.05, 0.1) is 16.1 Å². The maximum Gasteiger partial charge on any atom is 0.410 e. The van der Waals surface area contributed by atoms with E-state index in [1.807, 2.05) is 40.1 Å². The Hall–Kier alpha value is -2.83. The Kier molecular flexibility index (Phi) is 12.7. The number of para-hydroxylation sites is 1. The zero-order chi connectivity index (χ0) is 32.9. The first-order valence-electron chi connectivity index (χ1n) is 16.9. The van der Waals surface area contributed by atoms with Crippen molar-refractivity contribution in [1.82, 2.24) is 20.0 Å². The van der Waals surface area contributed by atoms with Gasteiger partial charge in [0.15, 0.2) is 6.10 Å². The van der Waals surface area contributed by atoms with Gasteiger partial charge in [-0.3, -0.25) is 4.79 Å². The van der Waals surface area contributed by atoms with Crippen LogP contribution in [-0.2, 0) is 22.4 Å². The van der Waals surface area contributed by atoms with Crippen LogP contribution in [0.1, 0.15) is 57.1 Å². The van der Waals surface area contributed by atoms with Crippen molar-refractivity contribution in [1.29, 1.82) is 0 Å². The predicted octanol–water partition coefficient (Wildman–Crippen LogP) is 6.70. The number of nitrogens with zero attached hydrogens (tertiary/aromatic N) is 3. The van der Waals surface area contributed by atoms with Gasteiger partial charge in [-0.25, -0.2) is 9.59 Å². The van der Waals surface area contributed by atoms with E-state index in [4.69, 9.17) is 9.47 Å². The summed E-state index contributed by atoms with van der Waals surface area (Å²) in [5.74, 6) is 1.88. The quantitative estimate of drug-likeness (QED) is 0.324. The second-order valence-electron chi connectivity index (χ2n) is 13.2. The normalized spacial score (nSPS) is 20.2. The fraction of sp³-hybridized carbons (Fsp3) is 0.583. The number of methoxy groups -OCH3 is 1. The van der Waals surface area contributed by atoms with E-state index in [0.717, 1.165) is 64.0 Å². The Bertz CT molecular complexity index is 1410. The van der Waals surface area contributed by atoms with Crippen LogP contribution in [0.25, 0.3) is 0 Å². The molecule has 0 bridgehead atoms. The van der Waals surface area contributed by atoms with Crippen LogP contribution in [0.15, 0.2) is 45.3 Å². The summed E-state index contributed by atoms with van der Waals surface area (Å²) >= 11 is 7.14. The zero-order valence-corrected chi connectivity index (χ0v) is 30.2. The number of carbonyl (C=O) groups is 3. The Morgan fingerprint density at radius 3 is 2.19 bits per heavy atom. The highest BCUT2D eigenvalue weighted by Crippen LogP contribution is 2.36. The average molecular weight is 792 g/mol. The van der Waals surface area contributed by atoms with Crippen molar-refractivity contribution < 1.29 is 23.9 Å². The maximum absolute atomic E-state index is 14.0. The van der Waals surface area contributed by atoms with E-state index in [2.05, 4.69) is 48.6 Å². The summed E-state index contributed by atoms with van der Waals surface area (Å²) < 4.78 is 13.1. The molecule has 4 aliphatic rings. The van der Waals surface area contributed by atoms with Crippen LogP contribution >= 0.6 is 31.9 Å². The molecule has 0 radical (unpaired) electrons. The number of hydrogen-bond donors (Lipinski definition) is 2. The average Bonchev–Trinajstić information content (AvgIpc) is 3.26. The van der Waals surface area contributed by atoms with Crippen LogP contribution in [0, 0.1) is 11.8 Å². The van der Waals surface area contributed by atoms with Crippen molar-refractivity contribution in [3.63, 3.8) is 0 Å². The highest BCUT2D eigenvalue weighted by atomic mass is 79.9. The highest BCUT2D eigenvalue weighted by Gasteiger charge is 2.36. The Morgan fingerprint density at radius 2 is 1.52 bits per heavy atom. The maximum atomic E-state index is 14.0. The van der Waals surface area contributed by atoms with Crippen LogP contribution in [0.3, 0.4) is 0 Å². The summed E-state index contributed by atoms with van der Waals surface area (Å²) in [6.07, 6.45) is 5.29. The molecule has 2 aromatic rings. The van der Waals surface area contributed by atoms with E-state index < -0.39 is 12.2 Å². The highest BCUT2D eigenvalue weighted by molar-refractivity contribution is 9.11. The molecule has 0 saturated carbocycles. The first kappa shape index (κ1) is 36.5. The van der Waals surface area contributed by atoms with Gasteiger partial charge in [-0.15, -0.1) is 0 Å². The predicted molar refractivity (Wildman–Crippen MR) is 194 cm³/mol. The van der Waals surface area contributed by atoms with E-state index in [1.54, 1.807) is 12.0 Å². The molecule has 0 unspecified atom stereocenters. The number of rotatable bonds is 7. The van der Waals surface area contributed by atoms with Gasteiger partial charge in [0.2, 0.25) is 0 Å². The summed E-state index contributed by atoms with van der Waals surface area (Å²) in [6.45, 7) is 5.08. The molecular weight excluding hydrogens is 742 g/mol. The van der Waals surface area contributed by atoms with E-state index >= 15 is 0 Å². The number of nitrogens with one attached hydrogen (secondary N) is 2. The van der Waals surface area contributed by atoms with E-state index in [9.17, 15) is 14.4 Å². The number of ether oxygens (including phenoxy) is 2. The van der Waals surface area contributed by atoms with Crippen molar-refractivity contribution in [2.45, 2.75) is 70.9 Å². The minimum Gasteiger partial charge on any atom is -0.494 e. The fourth-order valence-electron chi connectivity index (χ4n) is 7.72. The number of amides is 4. The molecule has 2 N–H and O–H groups in total. The summed E-state index contributed by atoms with van der Waals surface area (Å²) in [5, 5.41) is 6.51. The van der Waals surface area contributed by atoms with Crippen LogP contribution in [0.5, 0.6) is 5.75 Å². The lowest BCUT2D eigenvalue weighted by Gasteiger charge is -2.39. The first-order valence-corrected chi connectivity index (χ1v) is 18.5.